The third kappa shape index (κ3) is 7.03. The predicted octanol–water partition coefficient (Wildman–Crippen LogP) is -7.43. The molecule has 0 unspecified atom stereocenters. The molecule has 1 aliphatic carbocycles. The maximum atomic E-state index is 12.4. The molecule has 17 nitrogen and oxygen atoms in total. The second-order valence-corrected chi connectivity index (χ2v) is 10.4. The Morgan fingerprint density at radius 1 is 0.897 bits per heavy atom. The van der Waals surface area contributed by atoms with Crippen LogP contribution in [0.3, 0.4) is 0 Å². The molecule has 0 aromatic carbocycles. The van der Waals surface area contributed by atoms with Crippen molar-refractivity contribution in [3.8, 4) is 0 Å². The Balaban J connectivity index is 1.86. The number of aliphatic hydroxyl groups is 6. The van der Waals surface area contributed by atoms with Gasteiger partial charge in [0, 0.05) is 12.6 Å². The fourth-order valence-electron chi connectivity index (χ4n) is 5.02. The van der Waals surface area contributed by atoms with Gasteiger partial charge in [-0.25, -0.2) is 0 Å². The Morgan fingerprint density at radius 3 is 2.13 bits per heavy atom. The number of ether oxygens (including phenoxy) is 4. The Bertz CT molecular complexity index is 802. The van der Waals surface area contributed by atoms with Crippen LogP contribution in [0.2, 0.25) is 0 Å². The molecule has 1 saturated carbocycles. The summed E-state index contributed by atoms with van der Waals surface area (Å²) in [6, 6.07) is -4.17. The molecule has 17 heteroatoms. The maximum absolute atomic E-state index is 12.4. The molecule has 39 heavy (non-hydrogen) atoms. The second-order valence-electron chi connectivity index (χ2n) is 10.4. The van der Waals surface area contributed by atoms with Crippen LogP contribution < -0.4 is 34.0 Å². The first-order valence-corrected chi connectivity index (χ1v) is 13.0. The lowest BCUT2D eigenvalue weighted by molar-refractivity contribution is -0.329. The lowest BCUT2D eigenvalue weighted by Gasteiger charge is -2.49. The molecule has 0 aromatic heterocycles. The molecule has 1 amide bonds. The van der Waals surface area contributed by atoms with Crippen molar-refractivity contribution in [3.05, 3.63) is 0 Å². The zero-order valence-corrected chi connectivity index (χ0v) is 21.7. The number of hydrogen-bond donors (Lipinski definition) is 12. The predicted molar refractivity (Wildman–Crippen MR) is 132 cm³/mol. The lowest BCUT2D eigenvalue weighted by Crippen LogP contribution is -2.70. The first kappa shape index (κ1) is 32.4. The van der Waals surface area contributed by atoms with Gasteiger partial charge in [-0.3, -0.25) is 4.79 Å². The van der Waals surface area contributed by atoms with Crippen LogP contribution in [0.15, 0.2) is 0 Å². The lowest BCUT2D eigenvalue weighted by atomic mass is 9.83. The Morgan fingerprint density at radius 2 is 1.51 bits per heavy atom. The number of aliphatic hydroxyl groups excluding tert-OH is 6. The minimum absolute atomic E-state index is 0.0160. The van der Waals surface area contributed by atoms with Gasteiger partial charge < -0.3 is 83.6 Å². The summed E-state index contributed by atoms with van der Waals surface area (Å²) in [5.74, 6) is -0.792. The van der Waals surface area contributed by atoms with E-state index < -0.39 is 104 Å². The zero-order valence-electron chi connectivity index (χ0n) is 21.7. The number of rotatable bonds is 9. The SMILES string of the molecule is C[C@@H]1O[C@H](O[C@@H]2[C@@H](O)[C@H](NC(=O)[C@H](O)CCN)C[C@H](N)[C@@H]2O[C@H]2O[C@H](CN)[C@@H](O)[C@H](O)[C@H]2N)[C@@H](O)[C@H](O)[C@H]1N. The van der Waals surface area contributed by atoms with Crippen molar-refractivity contribution in [1.82, 2.24) is 5.32 Å². The van der Waals surface area contributed by atoms with E-state index in [1.807, 2.05) is 0 Å². The van der Waals surface area contributed by atoms with Gasteiger partial charge in [-0.1, -0.05) is 0 Å². The van der Waals surface area contributed by atoms with Crippen molar-refractivity contribution in [3.63, 3.8) is 0 Å². The number of carbonyl (C=O) groups excluding carboxylic acids is 1. The average Bonchev–Trinajstić information content (AvgIpc) is 2.90. The fourth-order valence-corrected chi connectivity index (χ4v) is 5.02. The van der Waals surface area contributed by atoms with Crippen molar-refractivity contribution in [1.29, 1.82) is 0 Å². The number of nitrogens with one attached hydrogen (secondary N) is 1. The van der Waals surface area contributed by atoms with Gasteiger partial charge >= 0.3 is 0 Å². The molecule has 0 aromatic rings. The molecule has 3 aliphatic rings. The van der Waals surface area contributed by atoms with E-state index in [1.165, 1.54) is 0 Å². The normalized spacial score (nSPS) is 47.9. The van der Waals surface area contributed by atoms with Gasteiger partial charge in [-0.05, 0) is 26.3 Å². The highest BCUT2D eigenvalue weighted by Gasteiger charge is 2.52. The average molecular weight is 569 g/mol. The van der Waals surface area contributed by atoms with Crippen molar-refractivity contribution < 1.29 is 54.4 Å². The summed E-state index contributed by atoms with van der Waals surface area (Å²) in [5, 5.41) is 65.2. The van der Waals surface area contributed by atoms with Gasteiger partial charge in [0.25, 0.3) is 0 Å². The number of hydrogen-bond acceptors (Lipinski definition) is 16. The molecule has 0 radical (unpaired) electrons. The van der Waals surface area contributed by atoms with Crippen LogP contribution in [0, 0.1) is 0 Å². The summed E-state index contributed by atoms with van der Waals surface area (Å²) in [6.07, 6.45) is -16.2. The maximum Gasteiger partial charge on any atom is 0.249 e. The van der Waals surface area contributed by atoms with Crippen LogP contribution >= 0.6 is 0 Å². The molecule has 2 aliphatic heterocycles. The molecular formula is C22H44N6O11. The summed E-state index contributed by atoms with van der Waals surface area (Å²) >= 11 is 0. The molecule has 16 atom stereocenters. The van der Waals surface area contributed by atoms with E-state index in [9.17, 15) is 35.4 Å². The standard InChI is InChI=1S/C22H44N6O11/c1-6-11(26)15(32)17(34)22(36-6)39-19-13(30)8(28-20(35)9(29)2-3-23)4-7(25)18(19)38-21-12(27)16(33)14(31)10(5-24)37-21/h6-19,21-22,29-34H,2-5,23-27H2,1H3,(H,28,35)/t6-,7-,8+,9+,10+,11-,12+,13-,14+,15+,16+,17-,18-,19+,21+,22+/m0/s1. The molecule has 228 valence electrons. The van der Waals surface area contributed by atoms with Gasteiger partial charge in [0.2, 0.25) is 5.91 Å². The number of amides is 1. The Labute approximate surface area is 225 Å². The molecule has 3 rings (SSSR count). The first-order valence-electron chi connectivity index (χ1n) is 13.0. The third-order valence-corrected chi connectivity index (χ3v) is 7.57. The molecule has 0 bridgehead atoms. The third-order valence-electron chi connectivity index (χ3n) is 7.57. The van der Waals surface area contributed by atoms with Crippen LogP contribution in [0.1, 0.15) is 19.8 Å². The summed E-state index contributed by atoms with van der Waals surface area (Å²) < 4.78 is 23.2. The summed E-state index contributed by atoms with van der Waals surface area (Å²) in [5.41, 5.74) is 29.3. The second kappa shape index (κ2) is 13.7. The Hall–Kier alpha value is -1.13. The van der Waals surface area contributed by atoms with E-state index in [0.717, 1.165) is 0 Å². The van der Waals surface area contributed by atoms with E-state index in [2.05, 4.69) is 5.32 Å². The van der Waals surface area contributed by atoms with Crippen molar-refractivity contribution in [2.75, 3.05) is 13.1 Å². The molecular weight excluding hydrogens is 524 g/mol. The first-order chi connectivity index (χ1) is 18.3. The van der Waals surface area contributed by atoms with Crippen LogP contribution in [-0.4, -0.2) is 147 Å². The van der Waals surface area contributed by atoms with E-state index >= 15 is 0 Å². The Kier molecular flexibility index (Phi) is 11.4. The van der Waals surface area contributed by atoms with Crippen LogP contribution in [0.25, 0.3) is 0 Å². The van der Waals surface area contributed by atoms with Gasteiger partial charge in [-0.15, -0.1) is 0 Å². The topological polar surface area (TPSA) is 318 Å². The van der Waals surface area contributed by atoms with Crippen molar-refractivity contribution in [2.45, 2.75) is 118 Å². The summed E-state index contributed by atoms with van der Waals surface area (Å²) in [7, 11) is 0. The number of nitrogens with two attached hydrogens (primary N) is 5. The molecule has 0 spiro atoms. The van der Waals surface area contributed by atoms with E-state index in [1.54, 1.807) is 6.92 Å². The van der Waals surface area contributed by atoms with Gasteiger partial charge in [0.05, 0.1) is 24.2 Å². The van der Waals surface area contributed by atoms with Gasteiger partial charge in [-0.2, -0.15) is 0 Å². The summed E-state index contributed by atoms with van der Waals surface area (Å²) in [6.45, 7) is 1.44. The number of carbonyl (C=O) groups is 1. The smallest absolute Gasteiger partial charge is 0.249 e. The van der Waals surface area contributed by atoms with E-state index in [0.29, 0.717) is 0 Å². The summed E-state index contributed by atoms with van der Waals surface area (Å²) in [4.78, 5) is 12.4. The van der Waals surface area contributed by atoms with Gasteiger partial charge in [0.1, 0.15) is 54.9 Å². The largest absolute Gasteiger partial charge is 0.388 e. The highest BCUT2D eigenvalue weighted by atomic mass is 16.7. The van der Waals surface area contributed by atoms with Crippen LogP contribution in [-0.2, 0) is 23.7 Å². The zero-order chi connectivity index (χ0) is 29.2. The van der Waals surface area contributed by atoms with E-state index in [-0.39, 0.29) is 25.9 Å². The highest BCUT2D eigenvalue weighted by Crippen LogP contribution is 2.32. The monoisotopic (exact) mass is 568 g/mol. The van der Waals surface area contributed by atoms with E-state index in [4.69, 9.17) is 47.6 Å². The minimum Gasteiger partial charge on any atom is -0.388 e. The molecule has 3 fully saturated rings. The minimum atomic E-state index is -1.62. The molecule has 17 N–H and O–H groups in total. The highest BCUT2D eigenvalue weighted by molar-refractivity contribution is 5.80. The van der Waals surface area contributed by atoms with Gasteiger partial charge in [0.15, 0.2) is 12.6 Å². The molecule has 2 saturated heterocycles. The fraction of sp³-hybridized carbons (Fsp3) is 0.955. The molecule has 2 heterocycles. The van der Waals surface area contributed by atoms with Crippen LogP contribution in [0.5, 0.6) is 0 Å². The van der Waals surface area contributed by atoms with Crippen molar-refractivity contribution in [2.24, 2.45) is 28.7 Å². The van der Waals surface area contributed by atoms with Crippen molar-refractivity contribution >= 4 is 5.91 Å². The van der Waals surface area contributed by atoms with Crippen LogP contribution in [0.4, 0.5) is 0 Å². The quantitative estimate of drug-likeness (QED) is 0.123.